The van der Waals surface area contributed by atoms with Crippen LogP contribution in [0.2, 0.25) is 0 Å². The van der Waals surface area contributed by atoms with Crippen LogP contribution >= 0.6 is 12.6 Å². The van der Waals surface area contributed by atoms with Gasteiger partial charge in [0.05, 0.1) is 0 Å². The maximum absolute atomic E-state index is 11.4. The Bertz CT molecular complexity index is 205. The molecule has 0 spiro atoms. The van der Waals surface area contributed by atoms with Crippen LogP contribution in [0.15, 0.2) is 0 Å². The summed E-state index contributed by atoms with van der Waals surface area (Å²) in [6.45, 7) is 6.20. The smallest absolute Gasteiger partial charge is 0.313 e. The molecule has 1 radical (unpaired) electrons. The minimum Gasteiger partial charge on any atom is -0.330 e. The van der Waals surface area contributed by atoms with Gasteiger partial charge in [0, 0.05) is 13.1 Å². The molecular formula is C17H34NOS. The van der Waals surface area contributed by atoms with Crippen molar-refractivity contribution in [1.29, 1.82) is 0 Å². The average Bonchev–Trinajstić information content (AvgIpc) is 2.43. The van der Waals surface area contributed by atoms with Crippen LogP contribution in [0.25, 0.3) is 0 Å². The molecule has 0 atom stereocenters. The minimum absolute atomic E-state index is 0.160. The van der Waals surface area contributed by atoms with E-state index in [9.17, 15) is 4.79 Å². The number of nitrogens with zero attached hydrogens (tertiary/aromatic N) is 1. The number of unbranched alkanes of at least 4 members (excludes halogenated alkanes) is 10. The number of hydrogen-bond acceptors (Lipinski definition) is 1. The monoisotopic (exact) mass is 300 g/mol. The van der Waals surface area contributed by atoms with E-state index < -0.39 is 0 Å². The van der Waals surface area contributed by atoms with Gasteiger partial charge in [-0.25, -0.2) is 0 Å². The lowest BCUT2D eigenvalue weighted by Crippen LogP contribution is -2.28. The van der Waals surface area contributed by atoms with Crippen molar-refractivity contribution < 1.29 is 4.79 Å². The first-order valence-corrected chi connectivity index (χ1v) is 9.09. The van der Waals surface area contributed by atoms with Gasteiger partial charge in [-0.2, -0.15) is 0 Å². The summed E-state index contributed by atoms with van der Waals surface area (Å²) >= 11 is 4.83. The molecule has 3 heteroatoms. The molecule has 0 rings (SSSR count). The maximum Gasteiger partial charge on any atom is 0.313 e. The van der Waals surface area contributed by atoms with Gasteiger partial charge in [0.15, 0.2) is 0 Å². The van der Waals surface area contributed by atoms with E-state index in [1.165, 1.54) is 64.2 Å². The van der Waals surface area contributed by atoms with Crippen molar-refractivity contribution in [2.75, 3.05) is 13.1 Å². The molecule has 0 saturated heterocycles. The van der Waals surface area contributed by atoms with E-state index in [0.29, 0.717) is 0 Å². The fraction of sp³-hybridized carbons (Fsp3) is 0.941. The standard InChI is InChI=1S/C17H34NOS/c1-3-5-7-9-11-13-15-18(17(19)20)16-14-12-10-8-6-4-2/h3-16H2,1-2H3. The number of carbonyl (C=O) groups is 1. The first-order valence-electron chi connectivity index (χ1n) is 8.68. The lowest BCUT2D eigenvalue weighted by Gasteiger charge is -2.19. The summed E-state index contributed by atoms with van der Waals surface area (Å²) in [7, 11) is 0. The van der Waals surface area contributed by atoms with Crippen LogP contribution in [0, 0.1) is 0 Å². The second-order valence-corrected chi connectivity index (χ2v) is 6.14. The molecule has 0 N–H and O–H groups in total. The lowest BCUT2D eigenvalue weighted by molar-refractivity contribution is 0.220. The van der Waals surface area contributed by atoms with Crippen LogP contribution in [0.5, 0.6) is 0 Å². The van der Waals surface area contributed by atoms with Gasteiger partial charge >= 0.3 is 5.24 Å². The molecule has 1 amide bonds. The third kappa shape index (κ3) is 12.7. The van der Waals surface area contributed by atoms with Crippen molar-refractivity contribution in [3.63, 3.8) is 0 Å². The Hall–Kier alpha value is -0.310. The number of hydrogen-bond donors (Lipinski definition) is 0. The van der Waals surface area contributed by atoms with E-state index in [0.717, 1.165) is 25.9 Å². The van der Waals surface area contributed by atoms with Crippen molar-refractivity contribution in [2.45, 2.75) is 90.9 Å². The molecule has 119 valence electrons. The fourth-order valence-electron chi connectivity index (χ4n) is 2.46. The highest BCUT2D eigenvalue weighted by molar-refractivity contribution is 7.96. The van der Waals surface area contributed by atoms with Crippen molar-refractivity contribution >= 4 is 17.9 Å². The van der Waals surface area contributed by atoms with Gasteiger partial charge in [-0.3, -0.25) is 4.79 Å². The van der Waals surface area contributed by atoms with Crippen LogP contribution in [-0.2, 0) is 0 Å². The first-order chi connectivity index (χ1) is 9.72. The van der Waals surface area contributed by atoms with Gasteiger partial charge in [-0.05, 0) is 25.5 Å². The molecule has 0 unspecified atom stereocenters. The quantitative estimate of drug-likeness (QED) is 0.343. The zero-order chi connectivity index (χ0) is 15.1. The Morgan fingerprint density at radius 3 is 1.40 bits per heavy atom. The second-order valence-electron chi connectivity index (χ2n) is 5.79. The Labute approximate surface area is 132 Å². The van der Waals surface area contributed by atoms with Gasteiger partial charge in [-0.15, -0.1) is 0 Å². The molecule has 0 aliphatic carbocycles. The Morgan fingerprint density at radius 2 is 1.05 bits per heavy atom. The topological polar surface area (TPSA) is 20.3 Å². The Morgan fingerprint density at radius 1 is 0.700 bits per heavy atom. The Balaban J connectivity index is 3.53. The van der Waals surface area contributed by atoms with Crippen molar-refractivity contribution in [2.24, 2.45) is 0 Å². The minimum atomic E-state index is -0.160. The highest BCUT2D eigenvalue weighted by Gasteiger charge is 2.09. The van der Waals surface area contributed by atoms with Gasteiger partial charge in [0.1, 0.15) is 0 Å². The molecule has 0 aliphatic rings. The molecule has 0 heterocycles. The molecule has 2 nitrogen and oxygen atoms in total. The van der Waals surface area contributed by atoms with E-state index in [1.807, 2.05) is 4.90 Å². The van der Waals surface area contributed by atoms with Crippen LogP contribution < -0.4 is 0 Å². The number of carbonyl (C=O) groups excluding carboxylic acids is 1. The third-order valence-electron chi connectivity index (χ3n) is 3.82. The Kier molecular flexibility index (Phi) is 14.9. The third-order valence-corrected chi connectivity index (χ3v) is 4.08. The maximum atomic E-state index is 11.4. The largest absolute Gasteiger partial charge is 0.330 e. The van der Waals surface area contributed by atoms with E-state index in [4.69, 9.17) is 12.6 Å². The van der Waals surface area contributed by atoms with E-state index in [-0.39, 0.29) is 5.24 Å². The summed E-state index contributed by atoms with van der Waals surface area (Å²) in [6.07, 6.45) is 15.2. The highest BCUT2D eigenvalue weighted by atomic mass is 32.1. The van der Waals surface area contributed by atoms with Gasteiger partial charge in [-0.1, -0.05) is 78.1 Å². The molecule has 0 saturated carbocycles. The predicted octanol–water partition coefficient (Wildman–Crippen LogP) is 6.33. The molecule has 0 aromatic heterocycles. The zero-order valence-electron chi connectivity index (χ0n) is 13.7. The van der Waals surface area contributed by atoms with Crippen LogP contribution in [0.1, 0.15) is 90.9 Å². The van der Waals surface area contributed by atoms with E-state index in [2.05, 4.69) is 13.8 Å². The first kappa shape index (κ1) is 19.7. The predicted molar refractivity (Wildman–Crippen MR) is 91.3 cm³/mol. The summed E-state index contributed by atoms with van der Waals surface area (Å²) in [5.74, 6) is 0. The molecule has 0 aromatic carbocycles. The second kappa shape index (κ2) is 15.1. The molecular weight excluding hydrogens is 266 g/mol. The van der Waals surface area contributed by atoms with Crippen molar-refractivity contribution in [3.05, 3.63) is 0 Å². The number of rotatable bonds is 14. The molecule has 0 bridgehead atoms. The molecule has 0 fully saturated rings. The number of amides is 1. The van der Waals surface area contributed by atoms with Crippen molar-refractivity contribution in [3.8, 4) is 0 Å². The van der Waals surface area contributed by atoms with Gasteiger partial charge in [0.25, 0.3) is 0 Å². The summed E-state index contributed by atoms with van der Waals surface area (Å²) in [6, 6.07) is 0. The van der Waals surface area contributed by atoms with Crippen LogP contribution in [0.4, 0.5) is 4.79 Å². The fourth-order valence-corrected chi connectivity index (χ4v) is 2.64. The highest BCUT2D eigenvalue weighted by Crippen LogP contribution is 2.10. The van der Waals surface area contributed by atoms with E-state index in [1.54, 1.807) is 0 Å². The normalized spacial score (nSPS) is 10.7. The summed E-state index contributed by atoms with van der Waals surface area (Å²) in [4.78, 5) is 13.3. The summed E-state index contributed by atoms with van der Waals surface area (Å²) < 4.78 is 0. The van der Waals surface area contributed by atoms with Gasteiger partial charge in [0.2, 0.25) is 0 Å². The van der Waals surface area contributed by atoms with Gasteiger partial charge < -0.3 is 4.90 Å². The van der Waals surface area contributed by atoms with Crippen LogP contribution in [-0.4, -0.2) is 23.2 Å². The molecule has 0 aromatic rings. The van der Waals surface area contributed by atoms with Crippen LogP contribution in [0.3, 0.4) is 0 Å². The zero-order valence-corrected chi connectivity index (χ0v) is 14.5. The van der Waals surface area contributed by atoms with Crippen molar-refractivity contribution in [1.82, 2.24) is 4.90 Å². The lowest BCUT2D eigenvalue weighted by atomic mass is 10.1. The average molecular weight is 301 g/mol. The SMILES string of the molecule is CCCCCCCCN(CCCCCCCC)C(=O)[S]. The van der Waals surface area contributed by atoms with E-state index >= 15 is 0 Å². The summed E-state index contributed by atoms with van der Waals surface area (Å²) in [5.41, 5.74) is 0. The molecule has 0 aliphatic heterocycles. The molecule has 20 heavy (non-hydrogen) atoms. The summed E-state index contributed by atoms with van der Waals surface area (Å²) in [5, 5.41) is -0.160.